The molecule has 0 aliphatic heterocycles. The maximum atomic E-state index is 12.0. The first-order valence-corrected chi connectivity index (χ1v) is 6.75. The van der Waals surface area contributed by atoms with Gasteiger partial charge in [0.1, 0.15) is 0 Å². The van der Waals surface area contributed by atoms with Crippen LogP contribution in [-0.4, -0.2) is 26.0 Å². The summed E-state index contributed by atoms with van der Waals surface area (Å²) in [6.07, 6.45) is 0. The van der Waals surface area contributed by atoms with E-state index in [4.69, 9.17) is 5.26 Å². The molecule has 0 aliphatic carbocycles. The van der Waals surface area contributed by atoms with E-state index in [9.17, 15) is 4.79 Å². The number of nitrogens with zero attached hydrogens (tertiary/aromatic N) is 2. The van der Waals surface area contributed by atoms with Crippen molar-refractivity contribution in [1.29, 1.82) is 5.26 Å². The molecule has 0 aromatic heterocycles. The molecule has 0 fully saturated rings. The highest BCUT2D eigenvalue weighted by Gasteiger charge is 2.06. The third kappa shape index (κ3) is 4.08. The Balaban J connectivity index is 1.86. The molecule has 0 unspecified atom stereocenters. The predicted molar refractivity (Wildman–Crippen MR) is 83.2 cm³/mol. The highest BCUT2D eigenvalue weighted by Crippen LogP contribution is 2.10. The number of nitrogens with one attached hydrogen (secondary N) is 1. The van der Waals surface area contributed by atoms with Crippen LogP contribution < -0.4 is 10.2 Å². The molecule has 0 aliphatic rings. The lowest BCUT2D eigenvalue weighted by Gasteiger charge is -2.19. The van der Waals surface area contributed by atoms with Crippen molar-refractivity contribution in [2.24, 2.45) is 0 Å². The summed E-state index contributed by atoms with van der Waals surface area (Å²) in [5, 5.41) is 11.7. The fourth-order valence-electron chi connectivity index (χ4n) is 1.98. The van der Waals surface area contributed by atoms with Crippen LogP contribution in [0.15, 0.2) is 54.6 Å². The molecule has 1 N–H and O–H groups in total. The van der Waals surface area contributed by atoms with Crippen molar-refractivity contribution in [2.45, 2.75) is 0 Å². The molecule has 2 rings (SSSR count). The molecular formula is C17H17N3O. The summed E-state index contributed by atoms with van der Waals surface area (Å²) in [6.45, 7) is 1.26. The van der Waals surface area contributed by atoms with Gasteiger partial charge in [-0.2, -0.15) is 5.26 Å². The van der Waals surface area contributed by atoms with Crippen molar-refractivity contribution >= 4 is 11.6 Å². The van der Waals surface area contributed by atoms with Gasteiger partial charge < -0.3 is 10.2 Å². The fraction of sp³-hybridized carbons (Fsp3) is 0.176. The summed E-state index contributed by atoms with van der Waals surface area (Å²) in [5.41, 5.74) is 2.11. The van der Waals surface area contributed by atoms with Gasteiger partial charge in [0, 0.05) is 31.4 Å². The van der Waals surface area contributed by atoms with E-state index in [1.807, 2.05) is 43.4 Å². The summed E-state index contributed by atoms with van der Waals surface area (Å²) in [4.78, 5) is 14.1. The molecule has 0 heterocycles. The molecule has 2 aromatic carbocycles. The molecule has 0 saturated carbocycles. The van der Waals surface area contributed by atoms with Crippen LogP contribution in [0.25, 0.3) is 0 Å². The minimum absolute atomic E-state index is 0.159. The summed E-state index contributed by atoms with van der Waals surface area (Å²) in [7, 11) is 1.98. The first kappa shape index (κ1) is 14.6. The first-order valence-electron chi connectivity index (χ1n) is 6.75. The Labute approximate surface area is 124 Å². The van der Waals surface area contributed by atoms with Crippen LogP contribution in [0, 0.1) is 11.3 Å². The van der Waals surface area contributed by atoms with E-state index in [0.717, 1.165) is 5.69 Å². The second-order valence-corrected chi connectivity index (χ2v) is 4.71. The monoisotopic (exact) mass is 279 g/mol. The Morgan fingerprint density at radius 2 is 1.95 bits per heavy atom. The van der Waals surface area contributed by atoms with E-state index in [1.54, 1.807) is 24.3 Å². The zero-order chi connectivity index (χ0) is 15.1. The van der Waals surface area contributed by atoms with Gasteiger partial charge in [-0.15, -0.1) is 0 Å². The number of carbonyl (C=O) groups excluding carboxylic acids is 1. The number of benzene rings is 2. The van der Waals surface area contributed by atoms with E-state index >= 15 is 0 Å². The number of nitriles is 1. The number of anilines is 1. The summed E-state index contributed by atoms with van der Waals surface area (Å²) >= 11 is 0. The van der Waals surface area contributed by atoms with Crippen LogP contribution in [-0.2, 0) is 0 Å². The summed E-state index contributed by atoms with van der Waals surface area (Å²) < 4.78 is 0. The maximum Gasteiger partial charge on any atom is 0.251 e. The van der Waals surface area contributed by atoms with Crippen molar-refractivity contribution in [3.05, 3.63) is 65.7 Å². The number of hydrogen-bond acceptors (Lipinski definition) is 3. The average molecular weight is 279 g/mol. The van der Waals surface area contributed by atoms with Crippen LogP contribution in [0.1, 0.15) is 15.9 Å². The van der Waals surface area contributed by atoms with E-state index in [-0.39, 0.29) is 5.91 Å². The van der Waals surface area contributed by atoms with Crippen LogP contribution in [0.5, 0.6) is 0 Å². The maximum absolute atomic E-state index is 12.0. The highest BCUT2D eigenvalue weighted by molar-refractivity contribution is 5.94. The van der Waals surface area contributed by atoms with E-state index in [0.29, 0.717) is 24.2 Å². The molecule has 106 valence electrons. The van der Waals surface area contributed by atoms with Gasteiger partial charge in [-0.05, 0) is 30.3 Å². The van der Waals surface area contributed by atoms with Crippen molar-refractivity contribution in [1.82, 2.24) is 5.32 Å². The van der Waals surface area contributed by atoms with Crippen LogP contribution in [0.3, 0.4) is 0 Å². The van der Waals surface area contributed by atoms with Gasteiger partial charge in [-0.25, -0.2) is 0 Å². The Kier molecular flexibility index (Phi) is 4.94. The SMILES string of the molecule is CN(CCNC(=O)c1cccc(C#N)c1)c1ccccc1. The molecule has 21 heavy (non-hydrogen) atoms. The number of para-hydroxylation sites is 1. The Morgan fingerprint density at radius 3 is 2.67 bits per heavy atom. The van der Waals surface area contributed by atoms with E-state index < -0.39 is 0 Å². The molecule has 0 spiro atoms. The van der Waals surface area contributed by atoms with Gasteiger partial charge >= 0.3 is 0 Å². The lowest BCUT2D eigenvalue weighted by atomic mass is 10.1. The molecule has 2 aromatic rings. The zero-order valence-electron chi connectivity index (χ0n) is 11.9. The van der Waals surface area contributed by atoms with Gasteiger partial charge in [-0.3, -0.25) is 4.79 Å². The quantitative estimate of drug-likeness (QED) is 0.914. The Morgan fingerprint density at radius 1 is 1.19 bits per heavy atom. The van der Waals surface area contributed by atoms with Crippen LogP contribution >= 0.6 is 0 Å². The standard InChI is InChI=1S/C17H17N3O/c1-20(16-8-3-2-4-9-16)11-10-19-17(21)15-7-5-6-14(12-15)13-18/h2-9,12H,10-11H2,1H3,(H,19,21). The highest BCUT2D eigenvalue weighted by atomic mass is 16.1. The van der Waals surface area contributed by atoms with E-state index in [2.05, 4.69) is 10.2 Å². The normalized spacial score (nSPS) is 9.71. The minimum atomic E-state index is -0.159. The second-order valence-electron chi connectivity index (χ2n) is 4.71. The third-order valence-electron chi connectivity index (χ3n) is 3.18. The van der Waals surface area contributed by atoms with Crippen molar-refractivity contribution in [3.8, 4) is 6.07 Å². The first-order chi connectivity index (χ1) is 10.2. The largest absolute Gasteiger partial charge is 0.373 e. The number of hydrogen-bond donors (Lipinski definition) is 1. The van der Waals surface area contributed by atoms with Crippen molar-refractivity contribution in [3.63, 3.8) is 0 Å². The lowest BCUT2D eigenvalue weighted by molar-refractivity contribution is 0.0954. The number of likely N-dealkylation sites (N-methyl/N-ethyl adjacent to an activating group) is 1. The second kappa shape index (κ2) is 7.11. The predicted octanol–water partition coefficient (Wildman–Crippen LogP) is 2.42. The van der Waals surface area contributed by atoms with E-state index in [1.165, 1.54) is 0 Å². The van der Waals surface area contributed by atoms with Gasteiger partial charge in [0.05, 0.1) is 11.6 Å². The molecule has 0 atom stereocenters. The van der Waals surface area contributed by atoms with Crippen LogP contribution in [0.2, 0.25) is 0 Å². The van der Waals surface area contributed by atoms with Gasteiger partial charge in [0.2, 0.25) is 0 Å². The molecule has 0 saturated heterocycles. The molecule has 4 heteroatoms. The molecule has 0 bridgehead atoms. The van der Waals surface area contributed by atoms with Crippen molar-refractivity contribution < 1.29 is 4.79 Å². The van der Waals surface area contributed by atoms with Crippen molar-refractivity contribution in [2.75, 3.05) is 25.0 Å². The summed E-state index contributed by atoms with van der Waals surface area (Å²) in [5.74, 6) is -0.159. The van der Waals surface area contributed by atoms with Gasteiger partial charge in [0.25, 0.3) is 5.91 Å². The zero-order valence-corrected chi connectivity index (χ0v) is 11.9. The summed E-state index contributed by atoms with van der Waals surface area (Å²) in [6, 6.07) is 18.7. The topological polar surface area (TPSA) is 56.1 Å². The molecular weight excluding hydrogens is 262 g/mol. The number of carbonyl (C=O) groups is 1. The number of amides is 1. The fourth-order valence-corrected chi connectivity index (χ4v) is 1.98. The molecule has 4 nitrogen and oxygen atoms in total. The third-order valence-corrected chi connectivity index (χ3v) is 3.18. The minimum Gasteiger partial charge on any atom is -0.373 e. The van der Waals surface area contributed by atoms with Gasteiger partial charge in [0.15, 0.2) is 0 Å². The Hall–Kier alpha value is -2.80. The lowest BCUT2D eigenvalue weighted by Crippen LogP contribution is -2.32. The average Bonchev–Trinajstić information content (AvgIpc) is 2.55. The number of rotatable bonds is 5. The molecule has 1 amide bonds. The Bertz CT molecular complexity index is 647. The van der Waals surface area contributed by atoms with Gasteiger partial charge in [-0.1, -0.05) is 24.3 Å². The smallest absolute Gasteiger partial charge is 0.251 e. The van der Waals surface area contributed by atoms with Crippen LogP contribution in [0.4, 0.5) is 5.69 Å². The molecule has 0 radical (unpaired) electrons.